The first-order valence-corrected chi connectivity index (χ1v) is 4.69. The smallest absolute Gasteiger partial charge is 0.204 e. The Bertz CT molecular complexity index is 336. The van der Waals surface area contributed by atoms with Crippen LogP contribution in [0.3, 0.4) is 0 Å². The van der Waals surface area contributed by atoms with E-state index in [2.05, 4.69) is 20.9 Å². The molecule has 0 bridgehead atoms. The molecule has 3 heteroatoms. The number of carbonyl (C=O) groups is 1. The molecule has 1 aromatic rings. The fourth-order valence-electron chi connectivity index (χ4n) is 0.858. The van der Waals surface area contributed by atoms with Gasteiger partial charge in [-0.05, 0) is 48.0 Å². The maximum Gasteiger partial charge on any atom is 0.204 e. The Hall–Kier alpha value is -0.960. The van der Waals surface area contributed by atoms with Gasteiger partial charge in [0.25, 0.3) is 0 Å². The minimum absolute atomic E-state index is 0.0486. The van der Waals surface area contributed by atoms with Crippen molar-refractivity contribution in [2.24, 2.45) is 0 Å². The Morgan fingerprint density at radius 3 is 2.62 bits per heavy atom. The van der Waals surface area contributed by atoms with Gasteiger partial charge in [0, 0.05) is 10.7 Å². The maximum absolute atomic E-state index is 11.4. The zero-order valence-electron chi connectivity index (χ0n) is 7.54. The first kappa shape index (κ1) is 10.1. The van der Waals surface area contributed by atoms with E-state index in [1.807, 2.05) is 13.8 Å². The van der Waals surface area contributed by atoms with Crippen LogP contribution in [0.15, 0.2) is 34.5 Å². The molecule has 0 aromatic carbocycles. The molecule has 0 unspecified atom stereocenters. The number of nitrogens with zero attached hydrogens (tertiary/aromatic N) is 1. The zero-order valence-corrected chi connectivity index (χ0v) is 9.13. The van der Waals surface area contributed by atoms with Gasteiger partial charge < -0.3 is 0 Å². The van der Waals surface area contributed by atoms with Crippen LogP contribution in [0.25, 0.3) is 0 Å². The molecular formula is C10H10BrNO. The van der Waals surface area contributed by atoms with Crippen LogP contribution in [-0.4, -0.2) is 10.8 Å². The normalized spacial score (nSPS) is 9.46. The van der Waals surface area contributed by atoms with Crippen LogP contribution in [-0.2, 0) is 0 Å². The summed E-state index contributed by atoms with van der Waals surface area (Å²) in [6.07, 6.45) is 3.20. The Labute approximate surface area is 85.8 Å². The molecule has 0 saturated carbocycles. The van der Waals surface area contributed by atoms with Gasteiger partial charge in [0.1, 0.15) is 5.69 Å². The van der Waals surface area contributed by atoms with Crippen LogP contribution < -0.4 is 0 Å². The van der Waals surface area contributed by atoms with E-state index in [0.717, 1.165) is 10.0 Å². The number of allylic oxidation sites excluding steroid dienone is 2. The van der Waals surface area contributed by atoms with Gasteiger partial charge in [-0.3, -0.25) is 9.78 Å². The predicted octanol–water partition coefficient (Wildman–Crippen LogP) is 2.99. The fourth-order valence-corrected chi connectivity index (χ4v) is 1.09. The van der Waals surface area contributed by atoms with Crippen LogP contribution in [0.5, 0.6) is 0 Å². The van der Waals surface area contributed by atoms with Crippen LogP contribution in [0, 0.1) is 0 Å². The molecule has 1 rings (SSSR count). The lowest BCUT2D eigenvalue weighted by atomic mass is 10.2. The van der Waals surface area contributed by atoms with Crippen molar-refractivity contribution in [1.29, 1.82) is 0 Å². The molecule has 0 spiro atoms. The molecule has 1 heterocycles. The Kier molecular flexibility index (Phi) is 3.37. The van der Waals surface area contributed by atoms with Crippen LogP contribution in [0.4, 0.5) is 0 Å². The number of carbonyl (C=O) groups excluding carboxylic acids is 1. The molecule has 0 atom stereocenters. The monoisotopic (exact) mass is 239 g/mol. The van der Waals surface area contributed by atoms with E-state index in [9.17, 15) is 4.79 Å². The van der Waals surface area contributed by atoms with Gasteiger partial charge in [-0.2, -0.15) is 0 Å². The predicted molar refractivity (Wildman–Crippen MR) is 55.7 cm³/mol. The molecule has 2 nitrogen and oxygen atoms in total. The van der Waals surface area contributed by atoms with E-state index >= 15 is 0 Å². The third-order valence-corrected chi connectivity index (χ3v) is 1.87. The summed E-state index contributed by atoms with van der Waals surface area (Å²) in [4.78, 5) is 15.4. The lowest BCUT2D eigenvalue weighted by molar-refractivity contribution is 0.104. The van der Waals surface area contributed by atoms with E-state index in [-0.39, 0.29) is 5.78 Å². The Morgan fingerprint density at radius 2 is 2.15 bits per heavy atom. The molecule has 0 aliphatic heterocycles. The van der Waals surface area contributed by atoms with Gasteiger partial charge in [-0.15, -0.1) is 0 Å². The lowest BCUT2D eigenvalue weighted by Gasteiger charge is -1.95. The van der Waals surface area contributed by atoms with Gasteiger partial charge in [0.2, 0.25) is 5.78 Å². The molecule has 0 aliphatic carbocycles. The van der Waals surface area contributed by atoms with Crippen molar-refractivity contribution in [2.45, 2.75) is 13.8 Å². The van der Waals surface area contributed by atoms with Gasteiger partial charge >= 0.3 is 0 Å². The summed E-state index contributed by atoms with van der Waals surface area (Å²) >= 11 is 3.26. The minimum atomic E-state index is -0.0486. The number of halogens is 1. The molecule has 0 saturated heterocycles. The lowest BCUT2D eigenvalue weighted by Crippen LogP contribution is -1.97. The zero-order chi connectivity index (χ0) is 9.84. The number of aromatic nitrogens is 1. The molecule has 68 valence electrons. The molecule has 13 heavy (non-hydrogen) atoms. The summed E-state index contributed by atoms with van der Waals surface area (Å²) in [7, 11) is 0. The second-order valence-corrected chi connectivity index (χ2v) is 3.86. The molecule has 0 fully saturated rings. The number of hydrogen-bond acceptors (Lipinski definition) is 2. The third kappa shape index (κ3) is 3.11. The standard InChI is InChI=1S/C10H10BrNO/c1-7(2)5-10(13)9-4-3-8(11)6-12-9/h3-6H,1-2H3. The first-order valence-electron chi connectivity index (χ1n) is 3.90. The summed E-state index contributed by atoms with van der Waals surface area (Å²) in [5.74, 6) is -0.0486. The second kappa shape index (κ2) is 4.33. The van der Waals surface area contributed by atoms with Gasteiger partial charge in [0.05, 0.1) is 0 Å². The number of hydrogen-bond donors (Lipinski definition) is 0. The van der Waals surface area contributed by atoms with E-state index in [0.29, 0.717) is 5.69 Å². The van der Waals surface area contributed by atoms with E-state index in [1.54, 1.807) is 24.4 Å². The summed E-state index contributed by atoms with van der Waals surface area (Å²) in [6, 6.07) is 3.50. The van der Waals surface area contributed by atoms with Crippen molar-refractivity contribution >= 4 is 21.7 Å². The van der Waals surface area contributed by atoms with E-state index in [4.69, 9.17) is 0 Å². The molecule has 0 amide bonds. The highest BCUT2D eigenvalue weighted by Crippen LogP contribution is 2.08. The highest BCUT2D eigenvalue weighted by atomic mass is 79.9. The quantitative estimate of drug-likeness (QED) is 0.587. The number of pyridine rings is 1. The van der Waals surface area contributed by atoms with Crippen LogP contribution >= 0.6 is 15.9 Å². The molecule has 0 radical (unpaired) electrons. The highest BCUT2D eigenvalue weighted by Gasteiger charge is 2.02. The van der Waals surface area contributed by atoms with Gasteiger partial charge in [-0.25, -0.2) is 0 Å². The molecule has 0 N–H and O–H groups in total. The van der Waals surface area contributed by atoms with Crippen LogP contribution in [0.2, 0.25) is 0 Å². The van der Waals surface area contributed by atoms with Crippen molar-refractivity contribution < 1.29 is 4.79 Å². The minimum Gasteiger partial charge on any atom is -0.288 e. The summed E-state index contributed by atoms with van der Waals surface area (Å²) in [6.45, 7) is 3.77. The van der Waals surface area contributed by atoms with Crippen molar-refractivity contribution in [3.05, 3.63) is 40.1 Å². The SMILES string of the molecule is CC(C)=CC(=O)c1ccc(Br)cn1. The highest BCUT2D eigenvalue weighted by molar-refractivity contribution is 9.10. The number of ketones is 1. The largest absolute Gasteiger partial charge is 0.288 e. The fraction of sp³-hybridized carbons (Fsp3) is 0.200. The van der Waals surface area contributed by atoms with Crippen molar-refractivity contribution in [1.82, 2.24) is 4.98 Å². The molecule has 0 aliphatic rings. The topological polar surface area (TPSA) is 30.0 Å². The van der Waals surface area contributed by atoms with E-state index in [1.165, 1.54) is 0 Å². The van der Waals surface area contributed by atoms with Crippen LogP contribution in [0.1, 0.15) is 24.3 Å². The van der Waals surface area contributed by atoms with Crippen molar-refractivity contribution in [2.75, 3.05) is 0 Å². The Balaban J connectivity index is 2.90. The third-order valence-electron chi connectivity index (χ3n) is 1.40. The average molecular weight is 240 g/mol. The average Bonchev–Trinajstić information content (AvgIpc) is 2.04. The maximum atomic E-state index is 11.4. The summed E-state index contributed by atoms with van der Waals surface area (Å²) < 4.78 is 0.876. The molecular weight excluding hydrogens is 230 g/mol. The second-order valence-electron chi connectivity index (χ2n) is 2.95. The number of rotatable bonds is 2. The summed E-state index contributed by atoms with van der Waals surface area (Å²) in [5.41, 5.74) is 1.46. The van der Waals surface area contributed by atoms with Gasteiger partial charge in [-0.1, -0.05) is 5.57 Å². The molecule has 1 aromatic heterocycles. The van der Waals surface area contributed by atoms with Crippen molar-refractivity contribution in [3.63, 3.8) is 0 Å². The first-order chi connectivity index (χ1) is 6.09. The Morgan fingerprint density at radius 1 is 1.46 bits per heavy atom. The van der Waals surface area contributed by atoms with E-state index < -0.39 is 0 Å². The summed E-state index contributed by atoms with van der Waals surface area (Å²) in [5, 5.41) is 0. The van der Waals surface area contributed by atoms with Crippen molar-refractivity contribution in [3.8, 4) is 0 Å². The van der Waals surface area contributed by atoms with Gasteiger partial charge in [0.15, 0.2) is 0 Å².